The van der Waals surface area contributed by atoms with E-state index in [1.165, 1.54) is 56.5 Å². The summed E-state index contributed by atoms with van der Waals surface area (Å²) in [5, 5.41) is 10.9. The topological polar surface area (TPSA) is 110 Å². The van der Waals surface area contributed by atoms with Crippen LogP contribution in [0.5, 0.6) is 11.5 Å². The van der Waals surface area contributed by atoms with Gasteiger partial charge in [-0.25, -0.2) is 16.8 Å². The number of anilines is 1. The minimum Gasteiger partial charge on any atom is -0.506 e. The van der Waals surface area contributed by atoms with Gasteiger partial charge in [-0.05, 0) is 66.4 Å². The van der Waals surface area contributed by atoms with Crippen LogP contribution in [-0.2, 0) is 19.9 Å². The van der Waals surface area contributed by atoms with Gasteiger partial charge in [0.05, 0.1) is 22.6 Å². The van der Waals surface area contributed by atoms with Crippen molar-refractivity contribution in [3.05, 3.63) is 71.8 Å². The number of aromatic hydroxyl groups is 1. The highest BCUT2D eigenvalue weighted by molar-refractivity contribution is 7.93. The molecule has 3 rings (SSSR count). The Morgan fingerprint density at radius 3 is 2.03 bits per heavy atom. The van der Waals surface area contributed by atoms with Gasteiger partial charge in [-0.1, -0.05) is 32.0 Å². The Balaban J connectivity index is 2.21. The highest BCUT2D eigenvalue weighted by atomic mass is 32.2. The predicted molar refractivity (Wildman–Crippen MR) is 123 cm³/mol. The van der Waals surface area contributed by atoms with Gasteiger partial charge in [0.25, 0.3) is 10.0 Å². The Bertz CT molecular complexity index is 1330. The van der Waals surface area contributed by atoms with E-state index in [1.807, 2.05) is 0 Å². The minimum atomic E-state index is -4.16. The van der Waals surface area contributed by atoms with E-state index in [4.69, 9.17) is 4.74 Å². The summed E-state index contributed by atoms with van der Waals surface area (Å²) in [6.45, 7) is 5.02. The van der Waals surface area contributed by atoms with Crippen LogP contribution in [0.25, 0.3) is 0 Å². The summed E-state index contributed by atoms with van der Waals surface area (Å²) in [7, 11) is -6.67. The average Bonchev–Trinajstić information content (AvgIpc) is 2.76. The second kappa shape index (κ2) is 8.84. The molecule has 170 valence electrons. The van der Waals surface area contributed by atoms with Gasteiger partial charge in [0.2, 0.25) is 9.84 Å². The predicted octanol–water partition coefficient (Wildman–Crippen LogP) is 4.47. The lowest BCUT2D eigenvalue weighted by Gasteiger charge is -2.20. The second-order valence-corrected chi connectivity index (χ2v) is 11.1. The smallest absolute Gasteiger partial charge is 0.261 e. The van der Waals surface area contributed by atoms with Gasteiger partial charge >= 0.3 is 0 Å². The molecule has 0 aliphatic heterocycles. The number of ether oxygens (including phenoxy) is 1. The molecule has 0 saturated carbocycles. The lowest BCUT2D eigenvalue weighted by atomic mass is 9.99. The number of hydrogen-bond donors (Lipinski definition) is 2. The molecule has 3 aromatic carbocycles. The van der Waals surface area contributed by atoms with Crippen molar-refractivity contribution in [1.29, 1.82) is 0 Å². The van der Waals surface area contributed by atoms with Crippen molar-refractivity contribution >= 4 is 25.5 Å². The second-order valence-electron chi connectivity index (χ2n) is 7.57. The van der Waals surface area contributed by atoms with Gasteiger partial charge in [0.1, 0.15) is 16.4 Å². The van der Waals surface area contributed by atoms with Crippen LogP contribution in [0, 0.1) is 6.92 Å². The fraction of sp³-hybridized carbons (Fsp3) is 0.217. The number of methoxy groups -OCH3 is 1. The zero-order valence-electron chi connectivity index (χ0n) is 18.2. The molecule has 3 aromatic rings. The lowest BCUT2D eigenvalue weighted by molar-refractivity contribution is 0.414. The van der Waals surface area contributed by atoms with Crippen molar-refractivity contribution in [3.63, 3.8) is 0 Å². The van der Waals surface area contributed by atoms with Gasteiger partial charge in [0, 0.05) is 0 Å². The number of sulfone groups is 1. The van der Waals surface area contributed by atoms with E-state index in [9.17, 15) is 21.9 Å². The third kappa shape index (κ3) is 4.44. The molecular weight excluding hydrogens is 450 g/mol. The fourth-order valence-corrected chi connectivity index (χ4v) is 6.06. The van der Waals surface area contributed by atoms with E-state index in [0.29, 0.717) is 11.3 Å². The third-order valence-corrected chi connectivity index (χ3v) is 8.40. The number of rotatable bonds is 7. The summed E-state index contributed by atoms with van der Waals surface area (Å²) >= 11 is 0. The molecule has 7 nitrogen and oxygen atoms in total. The first kappa shape index (κ1) is 23.6. The number of benzene rings is 3. The molecule has 0 aliphatic carbocycles. The van der Waals surface area contributed by atoms with Crippen molar-refractivity contribution in [2.75, 3.05) is 11.8 Å². The average molecular weight is 476 g/mol. The van der Waals surface area contributed by atoms with E-state index < -0.39 is 25.6 Å². The van der Waals surface area contributed by atoms with Crippen LogP contribution in [0.2, 0.25) is 0 Å². The maximum absolute atomic E-state index is 13.5. The van der Waals surface area contributed by atoms with E-state index in [2.05, 4.69) is 4.72 Å². The van der Waals surface area contributed by atoms with Crippen LogP contribution in [0.3, 0.4) is 0 Å². The number of phenolic OH excluding ortho intramolecular Hbond substituents is 1. The van der Waals surface area contributed by atoms with Crippen LogP contribution in [0.1, 0.15) is 30.9 Å². The summed E-state index contributed by atoms with van der Waals surface area (Å²) in [4.78, 5) is -0.341. The minimum absolute atomic E-state index is 0.0399. The lowest BCUT2D eigenvalue weighted by Crippen LogP contribution is -2.16. The Labute approximate surface area is 188 Å². The molecule has 0 amide bonds. The molecule has 0 aliphatic rings. The number of hydrogen-bond acceptors (Lipinski definition) is 6. The van der Waals surface area contributed by atoms with E-state index in [1.54, 1.807) is 32.0 Å². The van der Waals surface area contributed by atoms with Crippen LogP contribution in [-0.4, -0.2) is 29.1 Å². The molecule has 32 heavy (non-hydrogen) atoms. The largest absolute Gasteiger partial charge is 0.506 e. The maximum Gasteiger partial charge on any atom is 0.261 e. The van der Waals surface area contributed by atoms with Gasteiger partial charge in [-0.15, -0.1) is 0 Å². The highest BCUT2D eigenvalue weighted by Crippen LogP contribution is 2.41. The van der Waals surface area contributed by atoms with E-state index >= 15 is 0 Å². The summed E-state index contributed by atoms with van der Waals surface area (Å²) in [6.07, 6.45) is 0. The first-order valence-electron chi connectivity index (χ1n) is 9.82. The Hall–Kier alpha value is -3.04. The standard InChI is InChI=1S/C23H25NO6S2/c1-15(2)20-14-21(24-32(28,29)19-8-6-5-7-9-19)16(3)23(22(20)25)31(26,27)18-12-10-17(30-4)11-13-18/h5-15,24-25H,1-4H3. The Kier molecular flexibility index (Phi) is 6.52. The third-order valence-electron chi connectivity index (χ3n) is 5.09. The fourth-order valence-electron chi connectivity index (χ4n) is 3.31. The van der Waals surface area contributed by atoms with Crippen LogP contribution in [0.4, 0.5) is 5.69 Å². The summed E-state index contributed by atoms with van der Waals surface area (Å²) in [6, 6.07) is 15.0. The van der Waals surface area contributed by atoms with Gasteiger partial charge in [0.15, 0.2) is 0 Å². The Morgan fingerprint density at radius 2 is 1.50 bits per heavy atom. The molecule has 0 saturated heterocycles. The van der Waals surface area contributed by atoms with Crippen LogP contribution >= 0.6 is 0 Å². The van der Waals surface area contributed by atoms with Crippen molar-refractivity contribution < 1.29 is 26.7 Å². The Morgan fingerprint density at radius 1 is 0.906 bits per heavy atom. The van der Waals surface area contributed by atoms with Crippen LogP contribution < -0.4 is 9.46 Å². The normalized spacial score (nSPS) is 12.0. The first-order chi connectivity index (χ1) is 15.0. The van der Waals surface area contributed by atoms with Crippen molar-refractivity contribution in [3.8, 4) is 11.5 Å². The molecule has 0 heterocycles. The molecular formula is C23H25NO6S2. The first-order valence-corrected chi connectivity index (χ1v) is 12.8. The van der Waals surface area contributed by atoms with Gasteiger partial charge in [-0.3, -0.25) is 4.72 Å². The van der Waals surface area contributed by atoms with Crippen LogP contribution in [0.15, 0.2) is 75.4 Å². The van der Waals surface area contributed by atoms with Crippen molar-refractivity contribution in [2.24, 2.45) is 0 Å². The van der Waals surface area contributed by atoms with Crippen molar-refractivity contribution in [1.82, 2.24) is 0 Å². The zero-order valence-corrected chi connectivity index (χ0v) is 19.8. The van der Waals surface area contributed by atoms with Gasteiger partial charge < -0.3 is 9.84 Å². The van der Waals surface area contributed by atoms with E-state index in [0.717, 1.165) is 0 Å². The monoisotopic (exact) mass is 475 g/mol. The highest BCUT2D eigenvalue weighted by Gasteiger charge is 2.30. The molecule has 2 N–H and O–H groups in total. The number of phenols is 1. The maximum atomic E-state index is 13.5. The molecule has 0 atom stereocenters. The quantitative estimate of drug-likeness (QED) is 0.488. The molecule has 0 fully saturated rings. The van der Waals surface area contributed by atoms with Gasteiger partial charge in [-0.2, -0.15) is 0 Å². The molecule has 0 spiro atoms. The summed E-state index contributed by atoms with van der Waals surface area (Å²) in [5.41, 5.74) is 0.498. The SMILES string of the molecule is COc1ccc(S(=O)(=O)c2c(C)c(NS(=O)(=O)c3ccccc3)cc(C(C)C)c2O)cc1. The molecule has 0 aromatic heterocycles. The number of sulfonamides is 1. The summed E-state index contributed by atoms with van der Waals surface area (Å²) < 4.78 is 60.3. The number of nitrogens with one attached hydrogen (secondary N) is 1. The zero-order chi connectivity index (χ0) is 23.7. The molecule has 0 radical (unpaired) electrons. The molecule has 9 heteroatoms. The van der Waals surface area contributed by atoms with Crippen molar-refractivity contribution in [2.45, 2.75) is 41.4 Å². The molecule has 0 unspecified atom stereocenters. The summed E-state index contributed by atoms with van der Waals surface area (Å²) in [5.74, 6) is -0.173. The molecule has 0 bridgehead atoms. The van der Waals surface area contributed by atoms with E-state index in [-0.39, 0.29) is 31.9 Å².